The Kier molecular flexibility index (Phi) is 4.82. The summed E-state index contributed by atoms with van der Waals surface area (Å²) in [6.45, 7) is 9.95. The van der Waals surface area contributed by atoms with Crippen molar-refractivity contribution >= 4 is 16.9 Å². The Balaban J connectivity index is 2.01. The normalized spacial score (nSPS) is 17.3. The first kappa shape index (κ1) is 18.8. The number of fused-ring (bicyclic) bond motifs is 1. The molecule has 1 aromatic carbocycles. The zero-order valence-corrected chi connectivity index (χ0v) is 16.5. The van der Waals surface area contributed by atoms with Gasteiger partial charge in [-0.3, -0.25) is 4.98 Å². The number of pyridine rings is 1. The molecule has 1 fully saturated rings. The van der Waals surface area contributed by atoms with Gasteiger partial charge in [0.2, 0.25) is 0 Å². The lowest BCUT2D eigenvalue weighted by molar-refractivity contribution is -0.156. The van der Waals surface area contributed by atoms with E-state index < -0.39 is 5.54 Å². The number of carbonyl (C=O) groups excluding carboxylic acids is 1. The standard InChI is InChI=1S/C22H30N2O2/c1-14(2)26-20(25)22(23,13-21(3,4)5)17-9-11-19-16(12-17)8-10-18(24-19)15-6-7-15/h8-12,14-15H,6-7,13,23H2,1-5H3/t22-/m1/s1. The third-order valence-electron chi connectivity index (χ3n) is 4.74. The number of esters is 1. The summed E-state index contributed by atoms with van der Waals surface area (Å²) in [6, 6.07) is 10.1. The first-order chi connectivity index (χ1) is 12.1. The molecule has 1 saturated carbocycles. The Morgan fingerprint density at radius 1 is 1.23 bits per heavy atom. The minimum absolute atomic E-state index is 0.117. The number of carbonyl (C=O) groups is 1. The summed E-state index contributed by atoms with van der Waals surface area (Å²) in [5, 5.41) is 1.01. The number of hydrogen-bond acceptors (Lipinski definition) is 4. The Morgan fingerprint density at radius 3 is 2.50 bits per heavy atom. The molecular weight excluding hydrogens is 324 g/mol. The van der Waals surface area contributed by atoms with Crippen LogP contribution in [-0.2, 0) is 15.1 Å². The van der Waals surface area contributed by atoms with Gasteiger partial charge in [-0.15, -0.1) is 0 Å². The maximum absolute atomic E-state index is 12.9. The van der Waals surface area contributed by atoms with Crippen LogP contribution >= 0.6 is 0 Å². The molecule has 2 N–H and O–H groups in total. The van der Waals surface area contributed by atoms with Gasteiger partial charge in [-0.25, -0.2) is 4.79 Å². The first-order valence-electron chi connectivity index (χ1n) is 9.50. The quantitative estimate of drug-likeness (QED) is 0.794. The first-order valence-corrected chi connectivity index (χ1v) is 9.50. The van der Waals surface area contributed by atoms with E-state index in [1.54, 1.807) is 0 Å². The smallest absolute Gasteiger partial charge is 0.331 e. The van der Waals surface area contributed by atoms with Crippen LogP contribution in [0, 0.1) is 5.41 Å². The summed E-state index contributed by atoms with van der Waals surface area (Å²) >= 11 is 0. The van der Waals surface area contributed by atoms with Gasteiger partial charge >= 0.3 is 5.97 Å². The summed E-state index contributed by atoms with van der Waals surface area (Å²) < 4.78 is 5.51. The zero-order valence-electron chi connectivity index (χ0n) is 16.5. The molecule has 1 aliphatic carbocycles. The summed E-state index contributed by atoms with van der Waals surface area (Å²) in [5.74, 6) is 0.249. The molecule has 1 aromatic heterocycles. The molecule has 3 rings (SSSR count). The van der Waals surface area contributed by atoms with Gasteiger partial charge in [-0.2, -0.15) is 0 Å². The Morgan fingerprint density at radius 2 is 1.92 bits per heavy atom. The summed E-state index contributed by atoms with van der Waals surface area (Å²) in [5.41, 5.74) is 8.29. The molecule has 0 radical (unpaired) electrons. The second kappa shape index (κ2) is 6.66. The second-order valence-corrected chi connectivity index (χ2v) is 9.08. The van der Waals surface area contributed by atoms with Gasteiger partial charge in [0.1, 0.15) is 5.54 Å². The maximum atomic E-state index is 12.9. The largest absolute Gasteiger partial charge is 0.461 e. The topological polar surface area (TPSA) is 65.2 Å². The van der Waals surface area contributed by atoms with Gasteiger partial charge in [0.05, 0.1) is 11.6 Å². The van der Waals surface area contributed by atoms with E-state index in [1.165, 1.54) is 12.8 Å². The van der Waals surface area contributed by atoms with E-state index in [1.807, 2.05) is 32.0 Å². The molecule has 0 spiro atoms. The van der Waals surface area contributed by atoms with E-state index in [2.05, 4.69) is 32.9 Å². The van der Waals surface area contributed by atoms with E-state index in [4.69, 9.17) is 15.5 Å². The van der Waals surface area contributed by atoms with Crippen LogP contribution in [0.25, 0.3) is 10.9 Å². The van der Waals surface area contributed by atoms with Crippen LogP contribution in [0.1, 0.15) is 71.1 Å². The van der Waals surface area contributed by atoms with E-state index in [9.17, 15) is 4.79 Å². The van der Waals surface area contributed by atoms with Crippen LogP contribution in [0.2, 0.25) is 0 Å². The van der Waals surface area contributed by atoms with Crippen molar-refractivity contribution in [3.05, 3.63) is 41.6 Å². The molecule has 26 heavy (non-hydrogen) atoms. The van der Waals surface area contributed by atoms with Crippen LogP contribution in [0.5, 0.6) is 0 Å². The van der Waals surface area contributed by atoms with Crippen LogP contribution in [0.3, 0.4) is 0 Å². The van der Waals surface area contributed by atoms with Crippen molar-refractivity contribution in [1.82, 2.24) is 4.98 Å². The van der Waals surface area contributed by atoms with Crippen molar-refractivity contribution in [2.24, 2.45) is 11.1 Å². The Labute approximate surface area is 156 Å². The van der Waals surface area contributed by atoms with Gasteiger partial charge in [0, 0.05) is 17.0 Å². The fourth-order valence-electron chi connectivity index (χ4n) is 3.47. The van der Waals surface area contributed by atoms with Gasteiger partial charge < -0.3 is 10.5 Å². The second-order valence-electron chi connectivity index (χ2n) is 9.08. The average molecular weight is 354 g/mol. The molecule has 0 saturated heterocycles. The van der Waals surface area contributed by atoms with Crippen LogP contribution in [-0.4, -0.2) is 17.1 Å². The third kappa shape index (κ3) is 4.07. The molecule has 2 aromatic rings. The van der Waals surface area contributed by atoms with Crippen molar-refractivity contribution in [1.29, 1.82) is 0 Å². The van der Waals surface area contributed by atoms with E-state index in [0.717, 1.165) is 22.2 Å². The third-order valence-corrected chi connectivity index (χ3v) is 4.74. The van der Waals surface area contributed by atoms with E-state index in [0.29, 0.717) is 12.3 Å². The molecule has 0 aliphatic heterocycles. The van der Waals surface area contributed by atoms with Crippen LogP contribution < -0.4 is 5.73 Å². The summed E-state index contributed by atoms with van der Waals surface area (Å²) in [4.78, 5) is 17.6. The molecule has 0 amide bonds. The highest BCUT2D eigenvalue weighted by molar-refractivity contribution is 5.86. The fourth-order valence-corrected chi connectivity index (χ4v) is 3.47. The van der Waals surface area contributed by atoms with Gasteiger partial charge in [0.15, 0.2) is 0 Å². The van der Waals surface area contributed by atoms with Crippen molar-refractivity contribution < 1.29 is 9.53 Å². The molecule has 1 aliphatic rings. The van der Waals surface area contributed by atoms with Crippen molar-refractivity contribution in [2.45, 2.75) is 71.4 Å². The molecule has 1 heterocycles. The van der Waals surface area contributed by atoms with Gasteiger partial charge in [0.25, 0.3) is 0 Å². The number of nitrogens with two attached hydrogens (primary N) is 1. The molecule has 4 nitrogen and oxygen atoms in total. The summed E-state index contributed by atoms with van der Waals surface area (Å²) in [7, 11) is 0. The Bertz CT molecular complexity index is 818. The molecule has 0 unspecified atom stereocenters. The molecule has 4 heteroatoms. The lowest BCUT2D eigenvalue weighted by Crippen LogP contribution is -2.49. The van der Waals surface area contributed by atoms with Crippen molar-refractivity contribution in [2.75, 3.05) is 0 Å². The highest BCUT2D eigenvalue weighted by Crippen LogP contribution is 2.40. The highest BCUT2D eigenvalue weighted by Gasteiger charge is 2.41. The lowest BCUT2D eigenvalue weighted by atomic mass is 9.76. The van der Waals surface area contributed by atoms with Crippen LogP contribution in [0.15, 0.2) is 30.3 Å². The fraction of sp³-hybridized carbons (Fsp3) is 0.545. The summed E-state index contributed by atoms with van der Waals surface area (Å²) in [6.07, 6.45) is 2.77. The predicted octanol–water partition coefficient (Wildman–Crippen LogP) is 4.65. The zero-order chi connectivity index (χ0) is 19.1. The molecule has 0 bridgehead atoms. The number of nitrogens with zero attached hydrogens (tertiary/aromatic N) is 1. The van der Waals surface area contributed by atoms with Gasteiger partial charge in [-0.1, -0.05) is 32.9 Å². The van der Waals surface area contributed by atoms with Crippen LogP contribution in [0.4, 0.5) is 0 Å². The number of hydrogen-bond donors (Lipinski definition) is 1. The number of rotatable bonds is 5. The Hall–Kier alpha value is -1.94. The maximum Gasteiger partial charge on any atom is 0.331 e. The minimum atomic E-state index is -1.17. The molecular formula is C22H30N2O2. The molecule has 1 atom stereocenters. The SMILES string of the molecule is CC(C)OC(=O)[C@@](N)(CC(C)(C)C)c1ccc2nc(C3CC3)ccc2c1. The number of ether oxygens (including phenoxy) is 1. The lowest BCUT2D eigenvalue weighted by Gasteiger charge is -2.34. The minimum Gasteiger partial charge on any atom is -0.461 e. The van der Waals surface area contributed by atoms with Crippen molar-refractivity contribution in [3.8, 4) is 0 Å². The van der Waals surface area contributed by atoms with E-state index in [-0.39, 0.29) is 17.5 Å². The number of aromatic nitrogens is 1. The average Bonchev–Trinajstić information content (AvgIpc) is 3.36. The molecule has 140 valence electrons. The van der Waals surface area contributed by atoms with E-state index >= 15 is 0 Å². The predicted molar refractivity (Wildman–Crippen MR) is 105 cm³/mol. The monoisotopic (exact) mass is 354 g/mol. The van der Waals surface area contributed by atoms with Crippen molar-refractivity contribution in [3.63, 3.8) is 0 Å². The highest BCUT2D eigenvalue weighted by atomic mass is 16.5. The van der Waals surface area contributed by atoms with Gasteiger partial charge in [-0.05, 0) is 62.3 Å². The number of benzene rings is 1.